The van der Waals surface area contributed by atoms with Gasteiger partial charge in [-0.25, -0.2) is 13.9 Å². The van der Waals surface area contributed by atoms with E-state index in [1.165, 1.54) is 28.9 Å². The average molecular weight is 338 g/mol. The van der Waals surface area contributed by atoms with Gasteiger partial charge in [0.15, 0.2) is 11.5 Å². The first-order valence-electron chi connectivity index (χ1n) is 7.38. The third kappa shape index (κ3) is 3.52. The van der Waals surface area contributed by atoms with Gasteiger partial charge in [0.05, 0.1) is 17.6 Å². The SMILES string of the molecule is CN=C/C=C(\N)C(=O)Nc1ccc2ncc(-c3cccc(F)c3)n2n1. The number of anilines is 1. The Balaban J connectivity index is 1.94. The molecular formula is C17H15FN6O. The molecule has 25 heavy (non-hydrogen) atoms. The number of rotatable bonds is 4. The van der Waals surface area contributed by atoms with Crippen LogP contribution in [0.5, 0.6) is 0 Å². The molecular weight excluding hydrogens is 323 g/mol. The monoisotopic (exact) mass is 338 g/mol. The highest BCUT2D eigenvalue weighted by atomic mass is 19.1. The normalized spacial score (nSPS) is 12.0. The quantitative estimate of drug-likeness (QED) is 0.562. The first kappa shape index (κ1) is 16.3. The number of carbonyl (C=O) groups is 1. The molecule has 126 valence electrons. The first-order valence-corrected chi connectivity index (χ1v) is 7.38. The van der Waals surface area contributed by atoms with E-state index in [0.29, 0.717) is 16.9 Å². The predicted molar refractivity (Wildman–Crippen MR) is 93.7 cm³/mol. The third-order valence-corrected chi connectivity index (χ3v) is 3.39. The number of nitrogens with two attached hydrogens (primary N) is 1. The lowest BCUT2D eigenvalue weighted by molar-refractivity contribution is -0.112. The molecule has 1 amide bonds. The number of hydrogen-bond donors (Lipinski definition) is 2. The van der Waals surface area contributed by atoms with Crippen LogP contribution in [0.1, 0.15) is 0 Å². The van der Waals surface area contributed by atoms with Gasteiger partial charge < -0.3 is 11.1 Å². The van der Waals surface area contributed by atoms with Crippen LogP contribution in [-0.2, 0) is 4.79 Å². The van der Waals surface area contributed by atoms with Crippen LogP contribution in [0.25, 0.3) is 16.9 Å². The van der Waals surface area contributed by atoms with Crippen molar-refractivity contribution >= 4 is 23.6 Å². The molecule has 0 radical (unpaired) electrons. The van der Waals surface area contributed by atoms with Crippen LogP contribution in [0.2, 0.25) is 0 Å². The second-order valence-corrected chi connectivity index (χ2v) is 5.13. The van der Waals surface area contributed by atoms with Gasteiger partial charge in [-0.05, 0) is 30.3 Å². The maximum absolute atomic E-state index is 13.5. The smallest absolute Gasteiger partial charge is 0.272 e. The minimum Gasteiger partial charge on any atom is -0.394 e. The van der Waals surface area contributed by atoms with E-state index in [9.17, 15) is 9.18 Å². The number of benzene rings is 1. The van der Waals surface area contributed by atoms with Gasteiger partial charge in [0.2, 0.25) is 0 Å². The molecule has 2 aromatic heterocycles. The Morgan fingerprint density at radius 3 is 2.96 bits per heavy atom. The van der Waals surface area contributed by atoms with Crippen molar-refractivity contribution < 1.29 is 9.18 Å². The summed E-state index contributed by atoms with van der Waals surface area (Å²) < 4.78 is 15.0. The maximum atomic E-state index is 13.5. The van der Waals surface area contributed by atoms with Crippen molar-refractivity contribution in [2.75, 3.05) is 12.4 Å². The van der Waals surface area contributed by atoms with E-state index in [2.05, 4.69) is 20.4 Å². The number of halogens is 1. The number of nitrogens with one attached hydrogen (secondary N) is 1. The summed E-state index contributed by atoms with van der Waals surface area (Å²) in [5.41, 5.74) is 7.45. The molecule has 1 aromatic carbocycles. The van der Waals surface area contributed by atoms with Gasteiger partial charge in [0, 0.05) is 18.8 Å². The number of carbonyl (C=O) groups excluding carboxylic acids is 1. The molecule has 2 heterocycles. The minimum atomic E-state index is -0.501. The largest absolute Gasteiger partial charge is 0.394 e. The van der Waals surface area contributed by atoms with Crippen LogP contribution in [0, 0.1) is 5.82 Å². The number of imidazole rings is 1. The number of aromatic nitrogens is 3. The van der Waals surface area contributed by atoms with Crippen LogP contribution in [-0.4, -0.2) is 33.8 Å². The summed E-state index contributed by atoms with van der Waals surface area (Å²) in [5.74, 6) is -0.565. The van der Waals surface area contributed by atoms with Gasteiger partial charge in [-0.15, -0.1) is 5.10 Å². The lowest BCUT2D eigenvalue weighted by Crippen LogP contribution is -2.21. The Hall–Kier alpha value is -3.55. The molecule has 8 heteroatoms. The number of nitrogens with zero attached hydrogens (tertiary/aromatic N) is 4. The zero-order valence-electron chi connectivity index (χ0n) is 13.3. The van der Waals surface area contributed by atoms with Crippen molar-refractivity contribution in [3.05, 3.63) is 60.2 Å². The molecule has 0 unspecified atom stereocenters. The predicted octanol–water partition coefficient (Wildman–Crippen LogP) is 2.02. The van der Waals surface area contributed by atoms with E-state index < -0.39 is 5.91 Å². The Morgan fingerprint density at radius 1 is 1.36 bits per heavy atom. The molecule has 0 saturated carbocycles. The highest BCUT2D eigenvalue weighted by Crippen LogP contribution is 2.21. The van der Waals surface area contributed by atoms with Crippen LogP contribution in [0.15, 0.2) is 59.4 Å². The summed E-state index contributed by atoms with van der Waals surface area (Å²) in [6, 6.07) is 9.41. The summed E-state index contributed by atoms with van der Waals surface area (Å²) in [5, 5.41) is 6.92. The highest BCUT2D eigenvalue weighted by Gasteiger charge is 2.11. The fourth-order valence-corrected chi connectivity index (χ4v) is 2.20. The fraction of sp³-hybridized carbons (Fsp3) is 0.0588. The average Bonchev–Trinajstić information content (AvgIpc) is 3.02. The summed E-state index contributed by atoms with van der Waals surface area (Å²) in [6.45, 7) is 0. The number of allylic oxidation sites excluding steroid dienone is 1. The second kappa shape index (κ2) is 6.91. The van der Waals surface area contributed by atoms with E-state index in [0.717, 1.165) is 0 Å². The van der Waals surface area contributed by atoms with Crippen molar-refractivity contribution in [2.45, 2.75) is 0 Å². The molecule has 0 aliphatic rings. The maximum Gasteiger partial charge on any atom is 0.272 e. The standard InChI is InChI=1S/C17H15FN6O/c1-20-8-7-13(19)17(25)22-15-5-6-16-21-10-14(24(16)23-15)11-3-2-4-12(18)9-11/h2-10H,19H2,1H3,(H,22,23,25)/b13-7-,20-8?. The molecule has 0 spiro atoms. The Bertz CT molecular complexity index is 992. The Morgan fingerprint density at radius 2 is 2.20 bits per heavy atom. The van der Waals surface area contributed by atoms with Gasteiger partial charge in [-0.3, -0.25) is 9.79 Å². The lowest BCUT2D eigenvalue weighted by atomic mass is 10.2. The van der Waals surface area contributed by atoms with Crippen LogP contribution in [0.3, 0.4) is 0 Å². The Kier molecular flexibility index (Phi) is 4.51. The van der Waals surface area contributed by atoms with Gasteiger partial charge in [0.25, 0.3) is 5.91 Å². The summed E-state index contributed by atoms with van der Waals surface area (Å²) >= 11 is 0. The molecule has 7 nitrogen and oxygen atoms in total. The van der Waals surface area contributed by atoms with Crippen molar-refractivity contribution in [3.8, 4) is 11.3 Å². The van der Waals surface area contributed by atoms with E-state index in [1.807, 2.05) is 0 Å². The van der Waals surface area contributed by atoms with Crippen molar-refractivity contribution in [1.82, 2.24) is 14.6 Å². The van der Waals surface area contributed by atoms with Gasteiger partial charge in [-0.1, -0.05) is 12.1 Å². The first-order chi connectivity index (χ1) is 12.1. The molecule has 0 bridgehead atoms. The summed E-state index contributed by atoms with van der Waals surface area (Å²) in [6.07, 6.45) is 4.40. The number of hydrogen-bond acceptors (Lipinski definition) is 5. The molecule has 0 atom stereocenters. The van der Waals surface area contributed by atoms with Crippen molar-refractivity contribution in [1.29, 1.82) is 0 Å². The van der Waals surface area contributed by atoms with Gasteiger partial charge in [0.1, 0.15) is 5.82 Å². The molecule has 0 fully saturated rings. The lowest BCUT2D eigenvalue weighted by Gasteiger charge is -2.06. The minimum absolute atomic E-state index is 0.00322. The van der Waals surface area contributed by atoms with Crippen LogP contribution in [0.4, 0.5) is 10.2 Å². The van der Waals surface area contributed by atoms with Gasteiger partial charge in [-0.2, -0.15) is 0 Å². The number of fused-ring (bicyclic) bond motifs is 1. The molecule has 3 aromatic rings. The number of amides is 1. The van der Waals surface area contributed by atoms with Crippen molar-refractivity contribution in [2.24, 2.45) is 10.7 Å². The van der Waals surface area contributed by atoms with E-state index in [1.54, 1.807) is 37.5 Å². The summed E-state index contributed by atoms with van der Waals surface area (Å²) in [4.78, 5) is 20.0. The zero-order chi connectivity index (χ0) is 17.8. The molecule has 3 N–H and O–H groups in total. The van der Waals surface area contributed by atoms with Crippen molar-refractivity contribution in [3.63, 3.8) is 0 Å². The summed E-state index contributed by atoms with van der Waals surface area (Å²) in [7, 11) is 1.57. The topological polar surface area (TPSA) is 97.7 Å². The van der Waals surface area contributed by atoms with Crippen LogP contribution < -0.4 is 11.1 Å². The van der Waals surface area contributed by atoms with E-state index in [4.69, 9.17) is 5.73 Å². The molecule has 0 aliphatic heterocycles. The van der Waals surface area contributed by atoms with Crippen LogP contribution >= 0.6 is 0 Å². The van der Waals surface area contributed by atoms with E-state index >= 15 is 0 Å². The fourth-order valence-electron chi connectivity index (χ4n) is 2.20. The zero-order valence-corrected chi connectivity index (χ0v) is 13.3. The number of aliphatic imine (C=N–C) groups is 1. The van der Waals surface area contributed by atoms with E-state index in [-0.39, 0.29) is 17.3 Å². The molecule has 0 saturated heterocycles. The molecule has 0 aliphatic carbocycles. The second-order valence-electron chi connectivity index (χ2n) is 5.13. The van der Waals surface area contributed by atoms with Gasteiger partial charge >= 0.3 is 0 Å². The third-order valence-electron chi connectivity index (χ3n) is 3.39. The Labute approximate surface area is 142 Å². The molecule has 3 rings (SSSR count). The highest BCUT2D eigenvalue weighted by molar-refractivity contribution is 6.04.